The average Bonchev–Trinajstić information content (AvgIpc) is 2.92. The topological polar surface area (TPSA) is 76.9 Å². The molecule has 0 spiro atoms. The van der Waals surface area contributed by atoms with Gasteiger partial charge in [-0.15, -0.1) is 0 Å². The van der Waals surface area contributed by atoms with Gasteiger partial charge in [0.1, 0.15) is 16.5 Å². The zero-order valence-corrected chi connectivity index (χ0v) is 13.7. The van der Waals surface area contributed by atoms with Gasteiger partial charge in [0.05, 0.1) is 18.1 Å². The zero-order valence-electron chi connectivity index (χ0n) is 12.9. The SMILES string of the molecule is CC(C)n1ncc2cc(NS(=O)(=O)c3cc(F)ccc3F)cnc21. The maximum Gasteiger partial charge on any atom is 0.264 e. The lowest BCUT2D eigenvalue weighted by Gasteiger charge is -2.10. The average molecular weight is 352 g/mol. The van der Waals surface area contributed by atoms with Gasteiger partial charge in [-0.05, 0) is 38.1 Å². The molecule has 9 heteroatoms. The molecule has 0 unspecified atom stereocenters. The Hall–Kier alpha value is -2.55. The van der Waals surface area contributed by atoms with Gasteiger partial charge >= 0.3 is 0 Å². The van der Waals surface area contributed by atoms with E-state index in [-0.39, 0.29) is 11.7 Å². The molecule has 1 aromatic carbocycles. The lowest BCUT2D eigenvalue weighted by molar-refractivity contribution is 0.546. The van der Waals surface area contributed by atoms with Crippen molar-refractivity contribution in [3.63, 3.8) is 0 Å². The molecule has 0 aliphatic rings. The van der Waals surface area contributed by atoms with E-state index in [9.17, 15) is 17.2 Å². The lowest BCUT2D eigenvalue weighted by atomic mass is 10.3. The van der Waals surface area contributed by atoms with Crippen LogP contribution in [-0.4, -0.2) is 23.2 Å². The molecular formula is C15H14F2N4O2S. The molecule has 1 N–H and O–H groups in total. The summed E-state index contributed by atoms with van der Waals surface area (Å²) in [6.45, 7) is 3.88. The van der Waals surface area contributed by atoms with Crippen LogP contribution >= 0.6 is 0 Å². The number of hydrogen-bond acceptors (Lipinski definition) is 4. The second-order valence-electron chi connectivity index (χ2n) is 5.50. The zero-order chi connectivity index (χ0) is 17.5. The van der Waals surface area contributed by atoms with Crippen molar-refractivity contribution in [2.45, 2.75) is 24.8 Å². The van der Waals surface area contributed by atoms with E-state index >= 15 is 0 Å². The minimum absolute atomic E-state index is 0.0962. The first-order chi connectivity index (χ1) is 11.3. The molecule has 3 aromatic rings. The number of halogens is 2. The van der Waals surface area contributed by atoms with Crippen LogP contribution in [0.5, 0.6) is 0 Å². The second kappa shape index (κ2) is 5.82. The maximum absolute atomic E-state index is 13.7. The first kappa shape index (κ1) is 16.3. The Morgan fingerprint density at radius 3 is 2.62 bits per heavy atom. The van der Waals surface area contributed by atoms with E-state index in [1.165, 1.54) is 12.3 Å². The van der Waals surface area contributed by atoms with Crippen LogP contribution in [0.4, 0.5) is 14.5 Å². The van der Waals surface area contributed by atoms with E-state index in [0.717, 1.165) is 12.1 Å². The second-order valence-corrected chi connectivity index (χ2v) is 7.15. The molecule has 2 heterocycles. The summed E-state index contributed by atoms with van der Waals surface area (Å²) in [5.41, 5.74) is 0.736. The summed E-state index contributed by atoms with van der Waals surface area (Å²) in [7, 11) is -4.28. The highest BCUT2D eigenvalue weighted by Gasteiger charge is 2.20. The van der Waals surface area contributed by atoms with Gasteiger partial charge in [-0.3, -0.25) is 4.72 Å². The molecule has 0 saturated carbocycles. The van der Waals surface area contributed by atoms with Gasteiger partial charge in [0.2, 0.25) is 0 Å². The van der Waals surface area contributed by atoms with Gasteiger partial charge in [0.15, 0.2) is 5.65 Å². The first-order valence-electron chi connectivity index (χ1n) is 7.09. The summed E-state index contributed by atoms with van der Waals surface area (Å²) < 4.78 is 55.3. The van der Waals surface area contributed by atoms with Crippen LogP contribution in [0.25, 0.3) is 11.0 Å². The van der Waals surface area contributed by atoms with E-state index < -0.39 is 26.6 Å². The number of rotatable bonds is 4. The molecule has 126 valence electrons. The Morgan fingerprint density at radius 2 is 1.92 bits per heavy atom. The Labute approximate surface area is 137 Å². The quantitative estimate of drug-likeness (QED) is 0.783. The third kappa shape index (κ3) is 2.94. The Morgan fingerprint density at radius 1 is 1.17 bits per heavy atom. The van der Waals surface area contributed by atoms with Crippen molar-refractivity contribution >= 4 is 26.7 Å². The molecule has 0 radical (unpaired) electrons. The summed E-state index contributed by atoms with van der Waals surface area (Å²) in [5.74, 6) is -1.88. The predicted molar refractivity (Wildman–Crippen MR) is 85.1 cm³/mol. The van der Waals surface area contributed by atoms with E-state index in [2.05, 4.69) is 14.8 Å². The minimum Gasteiger partial charge on any atom is -0.278 e. The van der Waals surface area contributed by atoms with Gasteiger partial charge < -0.3 is 0 Å². The first-order valence-corrected chi connectivity index (χ1v) is 8.57. The number of benzene rings is 1. The number of aromatic nitrogens is 3. The van der Waals surface area contributed by atoms with E-state index in [0.29, 0.717) is 17.1 Å². The summed E-state index contributed by atoms with van der Waals surface area (Å²) >= 11 is 0. The Kier molecular flexibility index (Phi) is 3.96. The smallest absolute Gasteiger partial charge is 0.264 e. The van der Waals surface area contributed by atoms with Gasteiger partial charge in [0.25, 0.3) is 10.0 Å². The molecule has 0 aliphatic heterocycles. The maximum atomic E-state index is 13.7. The van der Waals surface area contributed by atoms with Crippen LogP contribution in [0.3, 0.4) is 0 Å². The molecule has 2 aromatic heterocycles. The highest BCUT2D eigenvalue weighted by atomic mass is 32.2. The molecule has 0 bridgehead atoms. The fourth-order valence-corrected chi connectivity index (χ4v) is 3.39. The van der Waals surface area contributed by atoms with Crippen molar-refractivity contribution in [3.05, 3.63) is 48.3 Å². The van der Waals surface area contributed by atoms with Crippen molar-refractivity contribution in [3.8, 4) is 0 Å². The Bertz CT molecular complexity index is 1020. The van der Waals surface area contributed by atoms with Crippen LogP contribution in [-0.2, 0) is 10.0 Å². The molecule has 3 rings (SSSR count). The molecule has 0 amide bonds. The number of hydrogen-bond donors (Lipinski definition) is 1. The van der Waals surface area contributed by atoms with Gasteiger partial charge in [-0.2, -0.15) is 5.10 Å². The molecule has 0 fully saturated rings. The largest absolute Gasteiger partial charge is 0.278 e. The number of pyridine rings is 1. The monoisotopic (exact) mass is 352 g/mol. The molecular weight excluding hydrogens is 338 g/mol. The molecule has 0 atom stereocenters. The van der Waals surface area contributed by atoms with Crippen LogP contribution in [0.2, 0.25) is 0 Å². The summed E-state index contributed by atoms with van der Waals surface area (Å²) in [6, 6.07) is 3.86. The number of sulfonamides is 1. The van der Waals surface area contributed by atoms with Gasteiger partial charge in [-0.25, -0.2) is 26.9 Å². The van der Waals surface area contributed by atoms with Crippen molar-refractivity contribution in [1.82, 2.24) is 14.8 Å². The number of nitrogens with one attached hydrogen (secondary N) is 1. The van der Waals surface area contributed by atoms with E-state index in [1.54, 1.807) is 10.9 Å². The van der Waals surface area contributed by atoms with Crippen molar-refractivity contribution in [1.29, 1.82) is 0 Å². The van der Waals surface area contributed by atoms with Crippen molar-refractivity contribution < 1.29 is 17.2 Å². The van der Waals surface area contributed by atoms with Crippen LogP contribution < -0.4 is 4.72 Å². The standard InChI is InChI=1S/C15H14F2N4O2S/c1-9(2)21-15-10(7-19-21)5-12(8-18-15)20-24(22,23)14-6-11(16)3-4-13(14)17/h3-9,20H,1-2H3. The fourth-order valence-electron chi connectivity index (χ4n) is 2.27. The lowest BCUT2D eigenvalue weighted by Crippen LogP contribution is -2.15. The highest BCUT2D eigenvalue weighted by molar-refractivity contribution is 7.92. The molecule has 0 saturated heterocycles. The highest BCUT2D eigenvalue weighted by Crippen LogP contribution is 2.23. The van der Waals surface area contributed by atoms with E-state index in [4.69, 9.17) is 0 Å². The van der Waals surface area contributed by atoms with Crippen molar-refractivity contribution in [2.75, 3.05) is 4.72 Å². The normalized spacial score (nSPS) is 12.0. The summed E-state index contributed by atoms with van der Waals surface area (Å²) in [6.07, 6.45) is 2.86. The summed E-state index contributed by atoms with van der Waals surface area (Å²) in [5, 5.41) is 4.81. The molecule has 0 aliphatic carbocycles. The Balaban J connectivity index is 1.98. The number of anilines is 1. The third-order valence-electron chi connectivity index (χ3n) is 3.36. The fraction of sp³-hybridized carbons (Fsp3) is 0.200. The molecule has 6 nitrogen and oxygen atoms in total. The summed E-state index contributed by atoms with van der Waals surface area (Å²) in [4.78, 5) is 3.42. The predicted octanol–water partition coefficient (Wildman–Crippen LogP) is 3.09. The van der Waals surface area contributed by atoms with Crippen LogP contribution in [0.1, 0.15) is 19.9 Å². The van der Waals surface area contributed by atoms with Crippen LogP contribution in [0, 0.1) is 11.6 Å². The molecule has 24 heavy (non-hydrogen) atoms. The van der Waals surface area contributed by atoms with Crippen molar-refractivity contribution in [2.24, 2.45) is 0 Å². The van der Waals surface area contributed by atoms with E-state index in [1.807, 2.05) is 13.8 Å². The van der Waals surface area contributed by atoms with Gasteiger partial charge in [-0.1, -0.05) is 0 Å². The third-order valence-corrected chi connectivity index (χ3v) is 4.75. The number of nitrogens with zero attached hydrogens (tertiary/aromatic N) is 3. The number of fused-ring (bicyclic) bond motifs is 1. The minimum atomic E-state index is -4.28. The van der Waals surface area contributed by atoms with Gasteiger partial charge in [0, 0.05) is 11.4 Å². The van der Waals surface area contributed by atoms with Crippen LogP contribution in [0.15, 0.2) is 41.6 Å².